The maximum Gasteiger partial charge on any atom is 0.138 e. The molecule has 0 bridgehead atoms. The van der Waals surface area contributed by atoms with E-state index in [-0.39, 0.29) is 0 Å². The molecule has 4 heteroatoms. The third-order valence-corrected chi connectivity index (χ3v) is 7.48. The number of aromatic nitrogens is 4. The van der Waals surface area contributed by atoms with Crippen molar-refractivity contribution >= 4 is 43.4 Å². The van der Waals surface area contributed by atoms with Gasteiger partial charge in [-0.1, -0.05) is 78.9 Å². The fraction of sp³-hybridized carbons (Fsp3) is 0. The number of pyridine rings is 3. The highest BCUT2D eigenvalue weighted by Crippen LogP contribution is 2.36. The molecule has 0 spiro atoms. The molecule has 0 aliphatic rings. The predicted molar refractivity (Wildman–Crippen MR) is 160 cm³/mol. The monoisotopic (exact) mass is 498 g/mol. The molecule has 0 amide bonds. The summed E-state index contributed by atoms with van der Waals surface area (Å²) in [6.45, 7) is 0. The first kappa shape index (κ1) is 21.7. The molecule has 4 heterocycles. The van der Waals surface area contributed by atoms with Crippen molar-refractivity contribution in [3.63, 3.8) is 0 Å². The third kappa shape index (κ3) is 3.42. The molecule has 0 aliphatic carbocycles. The molecule has 0 unspecified atom stereocenters. The van der Waals surface area contributed by atoms with Gasteiger partial charge < -0.3 is 0 Å². The maximum absolute atomic E-state index is 5.18. The van der Waals surface area contributed by atoms with Crippen molar-refractivity contribution in [1.29, 1.82) is 0 Å². The van der Waals surface area contributed by atoms with Crippen LogP contribution in [0.2, 0.25) is 0 Å². The maximum atomic E-state index is 5.18. The Labute approximate surface area is 224 Å². The highest BCUT2D eigenvalue weighted by molar-refractivity contribution is 6.12. The molecular formula is C35H22N4. The molecule has 4 aromatic carbocycles. The highest BCUT2D eigenvalue weighted by Gasteiger charge is 2.15. The Morgan fingerprint density at radius 2 is 1.08 bits per heavy atom. The average molecular weight is 499 g/mol. The van der Waals surface area contributed by atoms with Gasteiger partial charge in [-0.3, -0.25) is 9.55 Å². The van der Waals surface area contributed by atoms with Gasteiger partial charge in [0.2, 0.25) is 0 Å². The van der Waals surface area contributed by atoms with E-state index in [0.29, 0.717) is 0 Å². The number of nitrogens with zero attached hydrogens (tertiary/aromatic N) is 4. The molecule has 0 aliphatic heterocycles. The standard InChI is InChI=1S/C35H22N4/c1-3-11-25-23(9-1)21-24-10-2-4-12-26(24)35(25)31-16-7-14-29(37-31)30-15-8-18-34(38-30)39-32-17-6-5-13-27(32)28-19-20-36-22-33(28)39/h1-22H. The quantitative estimate of drug-likeness (QED) is 0.229. The van der Waals surface area contributed by atoms with E-state index >= 15 is 0 Å². The summed E-state index contributed by atoms with van der Waals surface area (Å²) >= 11 is 0. The van der Waals surface area contributed by atoms with Crippen molar-refractivity contribution in [2.45, 2.75) is 0 Å². The summed E-state index contributed by atoms with van der Waals surface area (Å²) in [6.07, 6.45) is 3.75. The molecule has 4 aromatic heterocycles. The van der Waals surface area contributed by atoms with Crippen LogP contribution in [0, 0.1) is 0 Å². The Morgan fingerprint density at radius 3 is 1.87 bits per heavy atom. The summed E-state index contributed by atoms with van der Waals surface area (Å²) in [5, 5.41) is 7.15. The Balaban J connectivity index is 1.33. The van der Waals surface area contributed by atoms with Crippen molar-refractivity contribution in [3.05, 3.63) is 134 Å². The molecule has 39 heavy (non-hydrogen) atoms. The fourth-order valence-corrected chi connectivity index (χ4v) is 5.76. The van der Waals surface area contributed by atoms with Crippen LogP contribution >= 0.6 is 0 Å². The second-order valence-electron chi connectivity index (χ2n) is 9.73. The van der Waals surface area contributed by atoms with E-state index < -0.39 is 0 Å². The largest absolute Gasteiger partial charge is 0.292 e. The average Bonchev–Trinajstić information content (AvgIpc) is 3.34. The van der Waals surface area contributed by atoms with E-state index in [1.165, 1.54) is 26.9 Å². The minimum atomic E-state index is 0.828. The molecule has 0 fully saturated rings. The van der Waals surface area contributed by atoms with Gasteiger partial charge in [0.25, 0.3) is 0 Å². The third-order valence-electron chi connectivity index (χ3n) is 7.48. The summed E-state index contributed by atoms with van der Waals surface area (Å²) in [6, 6.07) is 42.1. The van der Waals surface area contributed by atoms with Gasteiger partial charge in [0.1, 0.15) is 5.82 Å². The van der Waals surface area contributed by atoms with Gasteiger partial charge in [0, 0.05) is 22.5 Å². The van der Waals surface area contributed by atoms with Crippen molar-refractivity contribution < 1.29 is 0 Å². The number of hydrogen-bond donors (Lipinski definition) is 0. The van der Waals surface area contributed by atoms with E-state index in [1.807, 2.05) is 30.6 Å². The molecule has 0 saturated heterocycles. The lowest BCUT2D eigenvalue weighted by Crippen LogP contribution is -1.99. The number of rotatable bonds is 3. The van der Waals surface area contributed by atoms with Crippen molar-refractivity contribution in [1.82, 2.24) is 19.5 Å². The lowest BCUT2D eigenvalue weighted by atomic mass is 9.94. The van der Waals surface area contributed by atoms with Gasteiger partial charge in [0.15, 0.2) is 0 Å². The summed E-state index contributed by atoms with van der Waals surface area (Å²) in [5.41, 5.74) is 5.89. The topological polar surface area (TPSA) is 43.6 Å². The van der Waals surface area contributed by atoms with Crippen LogP contribution in [0.3, 0.4) is 0 Å². The van der Waals surface area contributed by atoms with Crippen LogP contribution in [-0.2, 0) is 0 Å². The number of hydrogen-bond acceptors (Lipinski definition) is 3. The number of fused-ring (bicyclic) bond motifs is 5. The second kappa shape index (κ2) is 8.61. The van der Waals surface area contributed by atoms with Gasteiger partial charge in [-0.05, 0) is 64.0 Å². The minimum Gasteiger partial charge on any atom is -0.292 e. The minimum absolute atomic E-state index is 0.828. The molecule has 8 rings (SSSR count). The first-order valence-corrected chi connectivity index (χ1v) is 13.0. The van der Waals surface area contributed by atoms with Gasteiger partial charge in [-0.2, -0.15) is 0 Å². The molecule has 4 nitrogen and oxygen atoms in total. The molecule has 0 saturated carbocycles. The van der Waals surface area contributed by atoms with Crippen LogP contribution in [0.15, 0.2) is 134 Å². The zero-order valence-electron chi connectivity index (χ0n) is 21.0. The summed E-state index contributed by atoms with van der Waals surface area (Å²) in [7, 11) is 0. The Bertz CT molecular complexity index is 2080. The zero-order valence-corrected chi connectivity index (χ0v) is 21.0. The summed E-state index contributed by atoms with van der Waals surface area (Å²) in [4.78, 5) is 14.7. The van der Waals surface area contributed by atoms with Crippen LogP contribution in [0.5, 0.6) is 0 Å². The molecule has 182 valence electrons. The first-order valence-electron chi connectivity index (χ1n) is 13.0. The van der Waals surface area contributed by atoms with E-state index in [2.05, 4.69) is 113 Å². The van der Waals surface area contributed by atoms with E-state index in [9.17, 15) is 0 Å². The van der Waals surface area contributed by atoms with E-state index in [1.54, 1.807) is 0 Å². The van der Waals surface area contributed by atoms with Crippen LogP contribution in [-0.4, -0.2) is 19.5 Å². The number of benzene rings is 4. The Hall–Kier alpha value is -5.35. The summed E-state index contributed by atoms with van der Waals surface area (Å²) in [5.74, 6) is 0.842. The molecular weight excluding hydrogens is 476 g/mol. The van der Waals surface area contributed by atoms with Crippen molar-refractivity contribution in [2.24, 2.45) is 0 Å². The van der Waals surface area contributed by atoms with Crippen LogP contribution in [0.25, 0.3) is 71.8 Å². The zero-order chi connectivity index (χ0) is 25.8. The summed E-state index contributed by atoms with van der Waals surface area (Å²) < 4.78 is 2.18. The molecule has 0 N–H and O–H groups in total. The predicted octanol–water partition coefficient (Wildman–Crippen LogP) is 8.61. The normalized spacial score (nSPS) is 11.6. The van der Waals surface area contributed by atoms with Gasteiger partial charge in [-0.25, -0.2) is 9.97 Å². The van der Waals surface area contributed by atoms with Crippen LogP contribution in [0.4, 0.5) is 0 Å². The molecule has 0 radical (unpaired) electrons. The fourth-order valence-electron chi connectivity index (χ4n) is 5.76. The molecule has 0 atom stereocenters. The SMILES string of the molecule is c1cc(-c2cccc(-n3c4ccccc4c4ccncc43)n2)nc(-c2c3ccccc3cc3ccccc23)c1. The smallest absolute Gasteiger partial charge is 0.138 e. The van der Waals surface area contributed by atoms with E-state index in [4.69, 9.17) is 9.97 Å². The first-order chi connectivity index (χ1) is 19.3. The molecule has 8 aromatic rings. The van der Waals surface area contributed by atoms with Crippen molar-refractivity contribution in [2.75, 3.05) is 0 Å². The van der Waals surface area contributed by atoms with Crippen molar-refractivity contribution in [3.8, 4) is 28.5 Å². The van der Waals surface area contributed by atoms with Gasteiger partial charge in [0.05, 0.1) is 34.3 Å². The second-order valence-corrected chi connectivity index (χ2v) is 9.73. The van der Waals surface area contributed by atoms with Crippen LogP contribution in [0.1, 0.15) is 0 Å². The number of para-hydroxylation sites is 1. The van der Waals surface area contributed by atoms with Gasteiger partial charge >= 0.3 is 0 Å². The lowest BCUT2D eigenvalue weighted by Gasteiger charge is -2.13. The lowest BCUT2D eigenvalue weighted by molar-refractivity contribution is 1.07. The Morgan fingerprint density at radius 1 is 0.462 bits per heavy atom. The Kier molecular flexibility index (Phi) is 4.79. The van der Waals surface area contributed by atoms with Crippen LogP contribution < -0.4 is 0 Å². The van der Waals surface area contributed by atoms with E-state index in [0.717, 1.165) is 44.9 Å². The highest BCUT2D eigenvalue weighted by atomic mass is 15.1. The van der Waals surface area contributed by atoms with Gasteiger partial charge in [-0.15, -0.1) is 0 Å².